The average molecular weight is 330 g/mol. The van der Waals surface area contributed by atoms with E-state index in [1.807, 2.05) is 4.57 Å². The van der Waals surface area contributed by atoms with Gasteiger partial charge in [-0.15, -0.1) is 0 Å². The zero-order valence-electron chi connectivity index (χ0n) is 14.2. The molecule has 7 nitrogen and oxygen atoms in total. The number of fused-ring (bicyclic) bond motifs is 1. The van der Waals surface area contributed by atoms with Crippen LogP contribution in [0.25, 0.3) is 11.2 Å². The van der Waals surface area contributed by atoms with Gasteiger partial charge in [0, 0.05) is 25.8 Å². The molecule has 0 saturated carbocycles. The zero-order valence-corrected chi connectivity index (χ0v) is 14.2. The number of hydrogen-bond acceptors (Lipinski definition) is 5. The number of ether oxygens (including phenoxy) is 1. The van der Waals surface area contributed by atoms with E-state index in [0.29, 0.717) is 36.5 Å². The van der Waals surface area contributed by atoms with E-state index < -0.39 is 0 Å². The standard InChI is InChI=1S/C17H22N4O3/c1-11(2)8-21-10-19-14-6-13(7-18-15(14)21)16(22)20-5-4-12(9-20)17(23)24-3/h6-7,10-12H,4-5,8-9H2,1-3H3. The maximum absolute atomic E-state index is 12.6. The van der Waals surface area contributed by atoms with Crippen LogP contribution in [-0.4, -0.2) is 51.5 Å². The van der Waals surface area contributed by atoms with E-state index in [4.69, 9.17) is 4.74 Å². The Labute approximate surface area is 140 Å². The van der Waals surface area contributed by atoms with Crippen molar-refractivity contribution in [2.24, 2.45) is 11.8 Å². The highest BCUT2D eigenvalue weighted by atomic mass is 16.5. The molecule has 2 aromatic rings. The number of amides is 1. The molecule has 0 aliphatic carbocycles. The SMILES string of the molecule is COC(=O)C1CCN(C(=O)c2cnc3c(c2)ncn3CC(C)C)C1. The van der Waals surface area contributed by atoms with Crippen molar-refractivity contribution in [1.29, 1.82) is 0 Å². The zero-order chi connectivity index (χ0) is 17.3. The molecular weight excluding hydrogens is 308 g/mol. The van der Waals surface area contributed by atoms with Gasteiger partial charge in [0.1, 0.15) is 5.52 Å². The highest BCUT2D eigenvalue weighted by Crippen LogP contribution is 2.21. The van der Waals surface area contributed by atoms with Crippen molar-refractivity contribution in [3.05, 3.63) is 24.2 Å². The first-order chi connectivity index (χ1) is 11.5. The van der Waals surface area contributed by atoms with Crippen LogP contribution < -0.4 is 0 Å². The molecule has 1 fully saturated rings. The second-order valence-corrected chi connectivity index (χ2v) is 6.62. The molecule has 3 heterocycles. The number of carbonyl (C=O) groups excluding carboxylic acids is 2. The van der Waals surface area contributed by atoms with E-state index in [1.54, 1.807) is 23.5 Å². The van der Waals surface area contributed by atoms with Gasteiger partial charge in [-0.1, -0.05) is 13.8 Å². The van der Waals surface area contributed by atoms with Crippen LogP contribution in [0.3, 0.4) is 0 Å². The molecule has 7 heteroatoms. The van der Waals surface area contributed by atoms with Gasteiger partial charge in [-0.2, -0.15) is 0 Å². The van der Waals surface area contributed by atoms with Crippen LogP contribution in [0, 0.1) is 11.8 Å². The second-order valence-electron chi connectivity index (χ2n) is 6.62. The van der Waals surface area contributed by atoms with Crippen molar-refractivity contribution < 1.29 is 14.3 Å². The maximum atomic E-state index is 12.6. The first-order valence-corrected chi connectivity index (χ1v) is 8.17. The lowest BCUT2D eigenvalue weighted by atomic mass is 10.1. The van der Waals surface area contributed by atoms with Crippen molar-refractivity contribution in [3.8, 4) is 0 Å². The van der Waals surface area contributed by atoms with E-state index in [1.165, 1.54) is 7.11 Å². The lowest BCUT2D eigenvalue weighted by molar-refractivity contribution is -0.144. The van der Waals surface area contributed by atoms with Crippen molar-refractivity contribution in [1.82, 2.24) is 19.4 Å². The summed E-state index contributed by atoms with van der Waals surface area (Å²) in [6.45, 7) is 6.05. The Morgan fingerprint density at radius 2 is 2.17 bits per heavy atom. The number of rotatable bonds is 4. The fraction of sp³-hybridized carbons (Fsp3) is 0.529. The highest BCUT2D eigenvalue weighted by molar-refractivity contribution is 5.96. The van der Waals surface area contributed by atoms with Crippen LogP contribution >= 0.6 is 0 Å². The molecule has 128 valence electrons. The monoisotopic (exact) mass is 330 g/mol. The Morgan fingerprint density at radius 3 is 2.88 bits per heavy atom. The Kier molecular flexibility index (Phi) is 4.51. The maximum Gasteiger partial charge on any atom is 0.310 e. The van der Waals surface area contributed by atoms with Crippen molar-refractivity contribution in [2.45, 2.75) is 26.8 Å². The lowest BCUT2D eigenvalue weighted by Crippen LogP contribution is -2.30. The number of nitrogens with zero attached hydrogens (tertiary/aromatic N) is 4. The molecule has 3 rings (SSSR count). The molecule has 0 aromatic carbocycles. The van der Waals surface area contributed by atoms with E-state index in [2.05, 4.69) is 23.8 Å². The predicted octanol–water partition coefficient (Wildman–Crippen LogP) is 1.72. The van der Waals surface area contributed by atoms with Gasteiger partial charge in [-0.05, 0) is 18.4 Å². The van der Waals surface area contributed by atoms with Gasteiger partial charge in [0.25, 0.3) is 5.91 Å². The minimum Gasteiger partial charge on any atom is -0.469 e. The predicted molar refractivity (Wildman–Crippen MR) is 88.4 cm³/mol. The van der Waals surface area contributed by atoms with Gasteiger partial charge in [0.05, 0.1) is 24.9 Å². The molecule has 1 atom stereocenters. The number of imidazole rings is 1. The van der Waals surface area contributed by atoms with Gasteiger partial charge in [0.15, 0.2) is 5.65 Å². The number of pyridine rings is 1. The molecule has 24 heavy (non-hydrogen) atoms. The van der Waals surface area contributed by atoms with E-state index in [9.17, 15) is 9.59 Å². The normalized spacial score (nSPS) is 17.7. The Hall–Kier alpha value is -2.44. The average Bonchev–Trinajstić information content (AvgIpc) is 3.20. The molecule has 0 spiro atoms. The van der Waals surface area contributed by atoms with Crippen LogP contribution in [0.15, 0.2) is 18.6 Å². The molecule has 0 N–H and O–H groups in total. The van der Waals surface area contributed by atoms with Gasteiger partial charge < -0.3 is 14.2 Å². The second kappa shape index (κ2) is 6.59. The number of aromatic nitrogens is 3. The molecular formula is C17H22N4O3. The van der Waals surface area contributed by atoms with Gasteiger partial charge in [-0.25, -0.2) is 9.97 Å². The third kappa shape index (κ3) is 3.11. The number of carbonyl (C=O) groups is 2. The minimum atomic E-state index is -0.258. The van der Waals surface area contributed by atoms with Crippen LogP contribution in [0.2, 0.25) is 0 Å². The lowest BCUT2D eigenvalue weighted by Gasteiger charge is -2.16. The van der Waals surface area contributed by atoms with Crippen LogP contribution in [0.5, 0.6) is 0 Å². The van der Waals surface area contributed by atoms with Gasteiger partial charge in [-0.3, -0.25) is 9.59 Å². The first kappa shape index (κ1) is 16.4. The van der Waals surface area contributed by atoms with Crippen LogP contribution in [-0.2, 0) is 16.1 Å². The van der Waals surface area contributed by atoms with Crippen LogP contribution in [0.4, 0.5) is 0 Å². The minimum absolute atomic E-state index is 0.116. The molecule has 2 aromatic heterocycles. The summed E-state index contributed by atoms with van der Waals surface area (Å²) in [7, 11) is 1.37. The summed E-state index contributed by atoms with van der Waals surface area (Å²) in [6, 6.07) is 1.77. The van der Waals surface area contributed by atoms with Gasteiger partial charge in [0.2, 0.25) is 0 Å². The first-order valence-electron chi connectivity index (χ1n) is 8.17. The largest absolute Gasteiger partial charge is 0.469 e. The third-order valence-corrected chi connectivity index (χ3v) is 4.27. The summed E-state index contributed by atoms with van der Waals surface area (Å²) in [5.74, 6) is -0.119. The summed E-state index contributed by atoms with van der Waals surface area (Å²) < 4.78 is 6.76. The Morgan fingerprint density at radius 1 is 1.38 bits per heavy atom. The molecule has 1 aliphatic heterocycles. The fourth-order valence-electron chi connectivity index (χ4n) is 3.08. The van der Waals surface area contributed by atoms with Crippen molar-refractivity contribution in [2.75, 3.05) is 20.2 Å². The summed E-state index contributed by atoms with van der Waals surface area (Å²) in [5.41, 5.74) is 2.00. The quantitative estimate of drug-likeness (QED) is 0.798. The fourth-order valence-corrected chi connectivity index (χ4v) is 3.08. The Balaban J connectivity index is 1.77. The number of likely N-dealkylation sites (tertiary alicyclic amines) is 1. The molecule has 1 unspecified atom stereocenters. The summed E-state index contributed by atoms with van der Waals surface area (Å²) in [4.78, 5) is 34.7. The van der Waals surface area contributed by atoms with Gasteiger partial charge >= 0.3 is 5.97 Å². The smallest absolute Gasteiger partial charge is 0.310 e. The molecule has 1 amide bonds. The molecule has 0 radical (unpaired) electrons. The molecule has 0 bridgehead atoms. The van der Waals surface area contributed by atoms with Crippen LogP contribution in [0.1, 0.15) is 30.6 Å². The molecule has 1 aliphatic rings. The third-order valence-electron chi connectivity index (χ3n) is 4.27. The van der Waals surface area contributed by atoms with Crippen molar-refractivity contribution in [3.63, 3.8) is 0 Å². The summed E-state index contributed by atoms with van der Waals surface area (Å²) >= 11 is 0. The molecule has 1 saturated heterocycles. The topological polar surface area (TPSA) is 77.3 Å². The number of hydrogen-bond donors (Lipinski definition) is 0. The number of methoxy groups -OCH3 is 1. The number of esters is 1. The van der Waals surface area contributed by atoms with E-state index in [0.717, 1.165) is 12.2 Å². The summed E-state index contributed by atoms with van der Waals surface area (Å²) in [5, 5.41) is 0. The highest BCUT2D eigenvalue weighted by Gasteiger charge is 2.32. The van der Waals surface area contributed by atoms with E-state index >= 15 is 0 Å². The van der Waals surface area contributed by atoms with E-state index in [-0.39, 0.29) is 17.8 Å². The van der Waals surface area contributed by atoms with Crippen molar-refractivity contribution >= 4 is 23.0 Å². The summed E-state index contributed by atoms with van der Waals surface area (Å²) in [6.07, 6.45) is 3.99. The Bertz CT molecular complexity index is 768.